The molecule has 0 aliphatic carbocycles. The zero-order chi connectivity index (χ0) is 19.1. The Labute approximate surface area is 152 Å². The van der Waals surface area contributed by atoms with E-state index in [2.05, 4.69) is 10.6 Å². The quantitative estimate of drug-likeness (QED) is 0.809. The summed E-state index contributed by atoms with van der Waals surface area (Å²) < 4.78 is 5.15. The fourth-order valence-electron chi connectivity index (χ4n) is 2.36. The van der Waals surface area contributed by atoms with Crippen LogP contribution in [0.1, 0.15) is 34.0 Å². The molecule has 6 nitrogen and oxygen atoms in total. The van der Waals surface area contributed by atoms with E-state index in [0.29, 0.717) is 5.56 Å². The third-order valence-corrected chi connectivity index (χ3v) is 3.79. The summed E-state index contributed by atoms with van der Waals surface area (Å²) >= 11 is 0. The second-order valence-corrected chi connectivity index (χ2v) is 6.02. The van der Waals surface area contributed by atoms with Gasteiger partial charge < -0.3 is 10.1 Å². The molecule has 0 spiro atoms. The van der Waals surface area contributed by atoms with E-state index in [0.717, 1.165) is 16.7 Å². The van der Waals surface area contributed by atoms with E-state index in [1.54, 1.807) is 19.1 Å². The second kappa shape index (κ2) is 8.80. The van der Waals surface area contributed by atoms with Crippen molar-refractivity contribution in [2.75, 3.05) is 0 Å². The van der Waals surface area contributed by atoms with Gasteiger partial charge >= 0.3 is 12.0 Å². The Morgan fingerprint density at radius 2 is 1.73 bits per heavy atom. The number of carbonyl (C=O) groups excluding carboxylic acids is 3. The average Bonchev–Trinajstić information content (AvgIpc) is 2.60. The molecule has 2 rings (SSSR count). The van der Waals surface area contributed by atoms with Crippen molar-refractivity contribution in [2.24, 2.45) is 0 Å². The number of carbonyl (C=O) groups is 3. The zero-order valence-electron chi connectivity index (χ0n) is 15.0. The highest BCUT2D eigenvalue weighted by Gasteiger charge is 2.21. The van der Waals surface area contributed by atoms with Gasteiger partial charge in [0.05, 0.1) is 5.56 Å². The van der Waals surface area contributed by atoms with Gasteiger partial charge in [-0.1, -0.05) is 48.0 Å². The van der Waals surface area contributed by atoms with Crippen molar-refractivity contribution in [1.82, 2.24) is 10.6 Å². The van der Waals surface area contributed by atoms with Crippen molar-refractivity contribution in [2.45, 2.75) is 33.4 Å². The SMILES string of the molecule is Cc1ccc(C(=O)OC(C)C(=O)NC(=O)NCc2ccccc2)c(C)c1. The van der Waals surface area contributed by atoms with Crippen molar-refractivity contribution in [3.63, 3.8) is 0 Å². The molecule has 0 aliphatic heterocycles. The van der Waals surface area contributed by atoms with Crippen LogP contribution in [-0.4, -0.2) is 24.0 Å². The van der Waals surface area contributed by atoms with Crippen molar-refractivity contribution >= 4 is 17.9 Å². The standard InChI is InChI=1S/C20H22N2O4/c1-13-9-10-17(14(2)11-13)19(24)26-15(3)18(23)22-20(25)21-12-16-7-5-4-6-8-16/h4-11,15H,12H2,1-3H3,(H2,21,22,23,25). The van der Waals surface area contributed by atoms with Crippen LogP contribution in [0.15, 0.2) is 48.5 Å². The van der Waals surface area contributed by atoms with E-state index >= 15 is 0 Å². The molecular formula is C20H22N2O4. The lowest BCUT2D eigenvalue weighted by atomic mass is 10.1. The molecule has 0 heterocycles. The number of benzene rings is 2. The summed E-state index contributed by atoms with van der Waals surface area (Å²) in [6.45, 7) is 5.43. The van der Waals surface area contributed by atoms with Crippen molar-refractivity contribution in [1.29, 1.82) is 0 Å². The van der Waals surface area contributed by atoms with Gasteiger partial charge in [-0.05, 0) is 38.0 Å². The number of rotatable bonds is 5. The third kappa shape index (κ3) is 5.44. The van der Waals surface area contributed by atoms with Gasteiger partial charge in [-0.25, -0.2) is 9.59 Å². The van der Waals surface area contributed by atoms with Gasteiger partial charge in [0.15, 0.2) is 6.10 Å². The Kier molecular flexibility index (Phi) is 6.49. The van der Waals surface area contributed by atoms with Crippen LogP contribution in [0.5, 0.6) is 0 Å². The van der Waals surface area contributed by atoms with Gasteiger partial charge in [0.2, 0.25) is 0 Å². The number of ether oxygens (including phenoxy) is 1. The molecule has 0 fully saturated rings. The van der Waals surface area contributed by atoms with E-state index in [4.69, 9.17) is 4.74 Å². The predicted molar refractivity (Wildman–Crippen MR) is 97.6 cm³/mol. The molecule has 3 amide bonds. The highest BCUT2D eigenvalue weighted by atomic mass is 16.5. The Morgan fingerprint density at radius 3 is 2.38 bits per heavy atom. The van der Waals surface area contributed by atoms with Crippen LogP contribution in [-0.2, 0) is 16.1 Å². The van der Waals surface area contributed by atoms with Crippen LogP contribution in [0.3, 0.4) is 0 Å². The van der Waals surface area contributed by atoms with Crippen molar-refractivity contribution in [3.8, 4) is 0 Å². The van der Waals surface area contributed by atoms with Gasteiger partial charge in [-0.2, -0.15) is 0 Å². The predicted octanol–water partition coefficient (Wildman–Crippen LogP) is 2.87. The lowest BCUT2D eigenvalue weighted by Gasteiger charge is -2.14. The van der Waals surface area contributed by atoms with Gasteiger partial charge in [-0.3, -0.25) is 10.1 Å². The fraction of sp³-hybridized carbons (Fsp3) is 0.250. The molecule has 2 aromatic rings. The molecule has 0 saturated carbocycles. The molecule has 0 radical (unpaired) electrons. The number of hydrogen-bond acceptors (Lipinski definition) is 4. The number of esters is 1. The molecule has 0 aromatic heterocycles. The molecule has 2 N–H and O–H groups in total. The summed E-state index contributed by atoms with van der Waals surface area (Å²) in [7, 11) is 0. The molecule has 6 heteroatoms. The fourth-order valence-corrected chi connectivity index (χ4v) is 2.36. The molecule has 26 heavy (non-hydrogen) atoms. The van der Waals surface area contributed by atoms with E-state index in [1.165, 1.54) is 6.92 Å². The second-order valence-electron chi connectivity index (χ2n) is 6.02. The van der Waals surface area contributed by atoms with E-state index < -0.39 is 24.0 Å². The summed E-state index contributed by atoms with van der Waals surface area (Å²) in [5.41, 5.74) is 3.09. The lowest BCUT2D eigenvalue weighted by Crippen LogP contribution is -2.44. The van der Waals surface area contributed by atoms with E-state index in [9.17, 15) is 14.4 Å². The van der Waals surface area contributed by atoms with E-state index in [-0.39, 0.29) is 6.54 Å². The first-order chi connectivity index (χ1) is 12.4. The highest BCUT2D eigenvalue weighted by molar-refractivity contribution is 5.98. The summed E-state index contributed by atoms with van der Waals surface area (Å²) in [5, 5.41) is 4.74. The first kappa shape index (κ1) is 19.2. The molecule has 2 aromatic carbocycles. The normalized spacial score (nSPS) is 11.3. The first-order valence-electron chi connectivity index (χ1n) is 8.27. The molecule has 136 valence electrons. The van der Waals surface area contributed by atoms with Gasteiger partial charge in [0.1, 0.15) is 0 Å². The van der Waals surface area contributed by atoms with Gasteiger partial charge in [0.25, 0.3) is 5.91 Å². The molecule has 1 unspecified atom stereocenters. The summed E-state index contributed by atoms with van der Waals surface area (Å²) in [5.74, 6) is -1.29. The van der Waals surface area contributed by atoms with Crippen molar-refractivity contribution in [3.05, 3.63) is 70.8 Å². The minimum absolute atomic E-state index is 0.288. The van der Waals surface area contributed by atoms with Crippen LogP contribution in [0, 0.1) is 13.8 Å². The topological polar surface area (TPSA) is 84.5 Å². The molecular weight excluding hydrogens is 332 g/mol. The monoisotopic (exact) mass is 354 g/mol. The van der Waals surface area contributed by atoms with Crippen LogP contribution >= 0.6 is 0 Å². The summed E-state index contributed by atoms with van der Waals surface area (Å²) in [6.07, 6.45) is -1.09. The number of amides is 3. The molecule has 0 saturated heterocycles. The van der Waals surface area contributed by atoms with Crippen LogP contribution < -0.4 is 10.6 Å². The number of nitrogens with one attached hydrogen (secondary N) is 2. The highest BCUT2D eigenvalue weighted by Crippen LogP contribution is 2.12. The van der Waals surface area contributed by atoms with Crippen molar-refractivity contribution < 1.29 is 19.1 Å². The van der Waals surface area contributed by atoms with Crippen LogP contribution in [0.4, 0.5) is 4.79 Å². The maximum Gasteiger partial charge on any atom is 0.339 e. The maximum atomic E-state index is 12.2. The number of urea groups is 1. The van der Waals surface area contributed by atoms with Gasteiger partial charge in [0, 0.05) is 6.54 Å². The third-order valence-electron chi connectivity index (χ3n) is 3.79. The van der Waals surface area contributed by atoms with Gasteiger partial charge in [-0.15, -0.1) is 0 Å². The minimum atomic E-state index is -1.09. The molecule has 0 aliphatic rings. The number of aryl methyl sites for hydroxylation is 2. The number of hydrogen-bond donors (Lipinski definition) is 2. The Balaban J connectivity index is 1.84. The lowest BCUT2D eigenvalue weighted by molar-refractivity contribution is -0.127. The Hall–Kier alpha value is -3.15. The first-order valence-corrected chi connectivity index (χ1v) is 8.27. The zero-order valence-corrected chi connectivity index (χ0v) is 15.0. The average molecular weight is 354 g/mol. The molecule has 1 atom stereocenters. The van der Waals surface area contributed by atoms with Crippen LogP contribution in [0.2, 0.25) is 0 Å². The van der Waals surface area contributed by atoms with E-state index in [1.807, 2.05) is 43.3 Å². The summed E-state index contributed by atoms with van der Waals surface area (Å²) in [6, 6.07) is 14.0. The largest absolute Gasteiger partial charge is 0.449 e. The number of imide groups is 1. The smallest absolute Gasteiger partial charge is 0.339 e. The molecule has 0 bridgehead atoms. The minimum Gasteiger partial charge on any atom is -0.449 e. The maximum absolute atomic E-state index is 12.2. The van der Waals surface area contributed by atoms with Crippen LogP contribution in [0.25, 0.3) is 0 Å². The summed E-state index contributed by atoms with van der Waals surface area (Å²) in [4.78, 5) is 36.0. The Bertz CT molecular complexity index is 803. The Morgan fingerprint density at radius 1 is 1.04 bits per heavy atom.